The van der Waals surface area contributed by atoms with E-state index in [4.69, 9.17) is 4.74 Å². The predicted octanol–water partition coefficient (Wildman–Crippen LogP) is 4.05. The highest BCUT2D eigenvalue weighted by atomic mass is 19.4. The highest BCUT2D eigenvalue weighted by Crippen LogP contribution is 2.21. The van der Waals surface area contributed by atoms with Crippen molar-refractivity contribution in [3.63, 3.8) is 0 Å². The van der Waals surface area contributed by atoms with Gasteiger partial charge in [0.1, 0.15) is 5.75 Å². The van der Waals surface area contributed by atoms with Gasteiger partial charge in [-0.05, 0) is 37.1 Å². The molecule has 0 saturated carbocycles. The Morgan fingerprint density at radius 2 is 1.92 bits per heavy atom. The van der Waals surface area contributed by atoms with E-state index in [2.05, 4.69) is 15.0 Å². The molecule has 2 aromatic rings. The fourth-order valence-electron chi connectivity index (χ4n) is 2.05. The van der Waals surface area contributed by atoms with Gasteiger partial charge < -0.3 is 14.8 Å². The number of halogens is 3. The molecule has 26 heavy (non-hydrogen) atoms. The van der Waals surface area contributed by atoms with Crippen LogP contribution in [0.2, 0.25) is 0 Å². The number of nitrogens with zero attached hydrogens (tertiary/aromatic N) is 1. The predicted molar refractivity (Wildman–Crippen MR) is 90.4 cm³/mol. The zero-order valence-corrected chi connectivity index (χ0v) is 14.4. The molecular formula is C18H19F3N2O3. The summed E-state index contributed by atoms with van der Waals surface area (Å²) in [5.41, 5.74) is 2.48. The zero-order chi connectivity index (χ0) is 19.2. The zero-order valence-electron chi connectivity index (χ0n) is 14.4. The monoisotopic (exact) mass is 368 g/mol. The van der Waals surface area contributed by atoms with E-state index in [1.54, 1.807) is 0 Å². The number of aryl methyl sites for hydroxylation is 1. The van der Waals surface area contributed by atoms with E-state index in [1.807, 2.05) is 32.0 Å². The number of hydrogen-bond donors (Lipinski definition) is 1. The van der Waals surface area contributed by atoms with Gasteiger partial charge in [0.05, 0.1) is 24.9 Å². The molecule has 0 fully saturated rings. The van der Waals surface area contributed by atoms with Crippen LogP contribution in [0.1, 0.15) is 17.5 Å². The number of rotatable bonds is 7. The number of carbonyl (C=O) groups excluding carboxylic acids is 1. The second-order valence-electron chi connectivity index (χ2n) is 5.63. The maximum absolute atomic E-state index is 12.1. The fourth-order valence-corrected chi connectivity index (χ4v) is 2.05. The average molecular weight is 368 g/mol. The van der Waals surface area contributed by atoms with Gasteiger partial charge in [0.2, 0.25) is 11.8 Å². The Morgan fingerprint density at radius 1 is 1.15 bits per heavy atom. The maximum atomic E-state index is 12.1. The van der Waals surface area contributed by atoms with Gasteiger partial charge in [-0.3, -0.25) is 4.79 Å². The summed E-state index contributed by atoms with van der Waals surface area (Å²) in [6.07, 6.45) is -3.07. The van der Waals surface area contributed by atoms with Crippen LogP contribution in [-0.2, 0) is 4.79 Å². The first kappa shape index (κ1) is 19.6. The third-order valence-corrected chi connectivity index (χ3v) is 3.55. The summed E-state index contributed by atoms with van der Waals surface area (Å²) < 4.78 is 46.3. The molecule has 0 saturated heterocycles. The summed E-state index contributed by atoms with van der Waals surface area (Å²) in [4.78, 5) is 15.6. The number of pyridine rings is 1. The van der Waals surface area contributed by atoms with E-state index < -0.39 is 12.8 Å². The Balaban J connectivity index is 1.78. The van der Waals surface area contributed by atoms with Crippen molar-refractivity contribution in [1.82, 2.24) is 4.98 Å². The standard InChI is InChI=1S/C18H19F3N2O3/c1-12-4-3-5-15(13(12)2)25-9-8-16(24)23-14-6-7-17(22-10-14)26-11-18(19,20)21/h3-7,10H,8-9,11H2,1-2H3,(H,23,24). The summed E-state index contributed by atoms with van der Waals surface area (Å²) in [5, 5.41) is 2.59. The van der Waals surface area contributed by atoms with Gasteiger partial charge >= 0.3 is 6.18 Å². The Kier molecular flexibility index (Phi) is 6.43. The number of aromatic nitrogens is 1. The lowest BCUT2D eigenvalue weighted by Crippen LogP contribution is -2.19. The molecule has 1 heterocycles. The number of benzene rings is 1. The summed E-state index contributed by atoms with van der Waals surface area (Å²) >= 11 is 0. The van der Waals surface area contributed by atoms with E-state index in [-0.39, 0.29) is 24.8 Å². The molecule has 0 aliphatic rings. The minimum atomic E-state index is -4.43. The number of hydrogen-bond acceptors (Lipinski definition) is 4. The molecule has 0 aliphatic heterocycles. The van der Waals surface area contributed by atoms with Gasteiger partial charge in [-0.1, -0.05) is 12.1 Å². The number of ether oxygens (including phenoxy) is 2. The molecular weight excluding hydrogens is 349 g/mol. The fraction of sp³-hybridized carbons (Fsp3) is 0.333. The molecule has 0 bridgehead atoms. The highest BCUT2D eigenvalue weighted by Gasteiger charge is 2.28. The molecule has 1 N–H and O–H groups in total. The van der Waals surface area contributed by atoms with Gasteiger partial charge in [-0.25, -0.2) is 4.98 Å². The Hall–Kier alpha value is -2.77. The largest absolute Gasteiger partial charge is 0.493 e. The molecule has 140 valence electrons. The first-order valence-electron chi connectivity index (χ1n) is 7.89. The van der Waals surface area contributed by atoms with Crippen molar-refractivity contribution in [3.8, 4) is 11.6 Å². The van der Waals surface area contributed by atoms with E-state index in [0.29, 0.717) is 5.69 Å². The summed E-state index contributed by atoms with van der Waals surface area (Å²) in [6.45, 7) is 2.71. The van der Waals surface area contributed by atoms with Crippen LogP contribution in [0.4, 0.5) is 18.9 Å². The molecule has 2 rings (SSSR count). The van der Waals surface area contributed by atoms with Crippen LogP contribution in [0.15, 0.2) is 36.5 Å². The molecule has 0 spiro atoms. The third-order valence-electron chi connectivity index (χ3n) is 3.55. The number of carbonyl (C=O) groups is 1. The normalized spacial score (nSPS) is 11.1. The van der Waals surface area contributed by atoms with Gasteiger partial charge in [-0.2, -0.15) is 13.2 Å². The average Bonchev–Trinajstić information content (AvgIpc) is 2.57. The molecule has 0 unspecified atom stereocenters. The Morgan fingerprint density at radius 3 is 2.58 bits per heavy atom. The summed E-state index contributed by atoms with van der Waals surface area (Å²) in [7, 11) is 0. The van der Waals surface area contributed by atoms with Crippen molar-refractivity contribution < 1.29 is 27.4 Å². The summed E-state index contributed by atoms with van der Waals surface area (Å²) in [6, 6.07) is 8.37. The minimum Gasteiger partial charge on any atom is -0.493 e. The number of amides is 1. The maximum Gasteiger partial charge on any atom is 0.422 e. The van der Waals surface area contributed by atoms with Crippen LogP contribution in [0.5, 0.6) is 11.6 Å². The van der Waals surface area contributed by atoms with Crippen molar-refractivity contribution in [2.75, 3.05) is 18.5 Å². The van der Waals surface area contributed by atoms with Gasteiger partial charge in [0.25, 0.3) is 0 Å². The number of alkyl halides is 3. The first-order chi connectivity index (χ1) is 12.2. The number of nitrogens with one attached hydrogen (secondary N) is 1. The van der Waals surface area contributed by atoms with E-state index in [0.717, 1.165) is 16.9 Å². The van der Waals surface area contributed by atoms with Crippen molar-refractivity contribution >= 4 is 11.6 Å². The molecule has 0 radical (unpaired) electrons. The third kappa shape index (κ3) is 6.27. The second-order valence-corrected chi connectivity index (χ2v) is 5.63. The van der Waals surface area contributed by atoms with E-state index in [1.165, 1.54) is 18.3 Å². The minimum absolute atomic E-state index is 0.125. The van der Waals surface area contributed by atoms with E-state index in [9.17, 15) is 18.0 Å². The number of anilines is 1. The first-order valence-corrected chi connectivity index (χ1v) is 7.89. The molecule has 1 aromatic heterocycles. The topological polar surface area (TPSA) is 60.5 Å². The molecule has 0 aliphatic carbocycles. The van der Waals surface area contributed by atoms with Crippen molar-refractivity contribution in [2.24, 2.45) is 0 Å². The Labute approximate surface area is 149 Å². The SMILES string of the molecule is Cc1cccc(OCCC(=O)Nc2ccc(OCC(F)(F)F)nc2)c1C. The van der Waals surface area contributed by atoms with Crippen molar-refractivity contribution in [3.05, 3.63) is 47.7 Å². The quantitative estimate of drug-likeness (QED) is 0.801. The van der Waals surface area contributed by atoms with Crippen molar-refractivity contribution in [2.45, 2.75) is 26.4 Å². The molecule has 5 nitrogen and oxygen atoms in total. The van der Waals surface area contributed by atoms with Crippen LogP contribution in [-0.4, -0.2) is 30.3 Å². The van der Waals surface area contributed by atoms with Gasteiger partial charge in [-0.15, -0.1) is 0 Å². The molecule has 8 heteroatoms. The smallest absolute Gasteiger partial charge is 0.422 e. The van der Waals surface area contributed by atoms with Gasteiger partial charge in [0, 0.05) is 6.07 Å². The van der Waals surface area contributed by atoms with Crippen LogP contribution in [0.25, 0.3) is 0 Å². The molecule has 0 atom stereocenters. The van der Waals surface area contributed by atoms with Crippen LogP contribution >= 0.6 is 0 Å². The highest BCUT2D eigenvalue weighted by molar-refractivity contribution is 5.90. The van der Waals surface area contributed by atoms with Gasteiger partial charge in [0.15, 0.2) is 6.61 Å². The lowest BCUT2D eigenvalue weighted by molar-refractivity contribution is -0.154. The lowest BCUT2D eigenvalue weighted by atomic mass is 10.1. The molecule has 1 aromatic carbocycles. The Bertz CT molecular complexity index is 746. The summed E-state index contributed by atoms with van der Waals surface area (Å²) in [5.74, 6) is 0.269. The van der Waals surface area contributed by atoms with Crippen LogP contribution in [0, 0.1) is 13.8 Å². The second kappa shape index (κ2) is 8.55. The van der Waals surface area contributed by atoms with E-state index >= 15 is 0 Å². The van der Waals surface area contributed by atoms with Crippen molar-refractivity contribution in [1.29, 1.82) is 0 Å². The van der Waals surface area contributed by atoms with Crippen LogP contribution < -0.4 is 14.8 Å². The molecule has 1 amide bonds. The lowest BCUT2D eigenvalue weighted by Gasteiger charge is -2.11. The van der Waals surface area contributed by atoms with Crippen LogP contribution in [0.3, 0.4) is 0 Å².